The zero-order valence-electron chi connectivity index (χ0n) is 9.42. The average molecular weight is 201 g/mol. The molecule has 1 unspecified atom stereocenters. The largest absolute Gasteiger partial charge is 0.380 e. The van der Waals surface area contributed by atoms with E-state index in [1.165, 1.54) is 19.3 Å². The van der Waals surface area contributed by atoms with Gasteiger partial charge in [-0.15, -0.1) is 0 Å². The monoisotopic (exact) mass is 201 g/mol. The number of hydrogen-bond acceptors (Lipinski definition) is 3. The summed E-state index contributed by atoms with van der Waals surface area (Å²) >= 11 is 0. The highest BCUT2D eigenvalue weighted by atomic mass is 16.5. The zero-order valence-corrected chi connectivity index (χ0v) is 9.42. The number of rotatable bonds is 5. The van der Waals surface area contributed by atoms with Gasteiger partial charge in [0.2, 0.25) is 0 Å². The molecule has 1 fully saturated rings. The van der Waals surface area contributed by atoms with Gasteiger partial charge in [0.25, 0.3) is 0 Å². The Bertz CT molecular complexity index is 155. The molecule has 1 aliphatic rings. The molecule has 1 aliphatic carbocycles. The maximum Gasteiger partial charge on any atom is 0.0851 e. The lowest BCUT2D eigenvalue weighted by molar-refractivity contribution is -0.0756. The zero-order chi connectivity index (χ0) is 10.4. The Labute approximate surface area is 86.9 Å². The van der Waals surface area contributed by atoms with Gasteiger partial charge in [0.05, 0.1) is 18.2 Å². The maximum atomic E-state index is 6.13. The summed E-state index contributed by atoms with van der Waals surface area (Å²) in [6.07, 6.45) is 5.93. The molecule has 84 valence electrons. The van der Waals surface area contributed by atoms with Gasteiger partial charge < -0.3 is 15.2 Å². The van der Waals surface area contributed by atoms with Gasteiger partial charge in [-0.3, -0.25) is 0 Å². The molecule has 0 aromatic rings. The molecule has 0 aliphatic heterocycles. The van der Waals surface area contributed by atoms with Crippen LogP contribution in [-0.4, -0.2) is 32.0 Å². The highest BCUT2D eigenvalue weighted by molar-refractivity contribution is 4.93. The molecule has 0 spiro atoms. The minimum atomic E-state index is -0.118. The highest BCUT2D eigenvalue weighted by Gasteiger charge is 2.37. The second kappa shape index (κ2) is 5.69. The Morgan fingerprint density at radius 2 is 1.93 bits per heavy atom. The summed E-state index contributed by atoms with van der Waals surface area (Å²) in [6, 6.07) is 0.0211. The van der Waals surface area contributed by atoms with Crippen LogP contribution >= 0.6 is 0 Å². The SMILES string of the molecule is CCOCC(N)C1(OC)CCCCC1. The second-order valence-corrected chi connectivity index (χ2v) is 4.10. The summed E-state index contributed by atoms with van der Waals surface area (Å²) in [4.78, 5) is 0. The molecule has 0 saturated heterocycles. The molecule has 14 heavy (non-hydrogen) atoms. The molecule has 0 heterocycles. The number of ether oxygens (including phenoxy) is 2. The Kier molecular flexibility index (Phi) is 4.85. The molecule has 3 heteroatoms. The Balaban J connectivity index is 2.48. The molecule has 0 aromatic heterocycles. The van der Waals surface area contributed by atoms with Crippen LogP contribution in [-0.2, 0) is 9.47 Å². The van der Waals surface area contributed by atoms with E-state index < -0.39 is 0 Å². The predicted molar refractivity (Wildman–Crippen MR) is 57.3 cm³/mol. The van der Waals surface area contributed by atoms with Crippen LogP contribution < -0.4 is 5.73 Å². The van der Waals surface area contributed by atoms with Crippen LogP contribution in [0.3, 0.4) is 0 Å². The third-order valence-electron chi connectivity index (χ3n) is 3.28. The van der Waals surface area contributed by atoms with E-state index in [9.17, 15) is 0 Å². The Morgan fingerprint density at radius 1 is 1.29 bits per heavy atom. The van der Waals surface area contributed by atoms with Crippen LogP contribution in [0.1, 0.15) is 39.0 Å². The van der Waals surface area contributed by atoms with Crippen molar-refractivity contribution in [3.63, 3.8) is 0 Å². The second-order valence-electron chi connectivity index (χ2n) is 4.10. The normalized spacial score (nSPS) is 23.4. The molecule has 3 nitrogen and oxygen atoms in total. The number of methoxy groups -OCH3 is 1. The standard InChI is InChI=1S/C11H23NO2/c1-3-14-9-10(12)11(13-2)7-5-4-6-8-11/h10H,3-9,12H2,1-2H3. The van der Waals surface area contributed by atoms with Gasteiger partial charge in [-0.2, -0.15) is 0 Å². The smallest absolute Gasteiger partial charge is 0.0851 e. The summed E-state index contributed by atoms with van der Waals surface area (Å²) in [5.74, 6) is 0. The van der Waals surface area contributed by atoms with Crippen molar-refractivity contribution in [1.29, 1.82) is 0 Å². The Morgan fingerprint density at radius 3 is 2.43 bits per heavy atom. The molecular formula is C11H23NO2. The molecule has 1 atom stereocenters. The molecule has 1 rings (SSSR count). The lowest BCUT2D eigenvalue weighted by atomic mass is 9.79. The molecule has 2 N–H and O–H groups in total. The van der Waals surface area contributed by atoms with Crippen LogP contribution in [0.5, 0.6) is 0 Å². The van der Waals surface area contributed by atoms with E-state index in [-0.39, 0.29) is 11.6 Å². The first-order chi connectivity index (χ1) is 6.75. The van der Waals surface area contributed by atoms with Crippen molar-refractivity contribution in [1.82, 2.24) is 0 Å². The van der Waals surface area contributed by atoms with Crippen molar-refractivity contribution in [3.8, 4) is 0 Å². The van der Waals surface area contributed by atoms with Gasteiger partial charge >= 0.3 is 0 Å². The van der Waals surface area contributed by atoms with Crippen LogP contribution in [0, 0.1) is 0 Å². The van der Waals surface area contributed by atoms with Crippen molar-refractivity contribution in [3.05, 3.63) is 0 Å². The van der Waals surface area contributed by atoms with Crippen molar-refractivity contribution in [2.45, 2.75) is 50.7 Å². The lowest BCUT2D eigenvalue weighted by Crippen LogP contribution is -2.53. The first kappa shape index (κ1) is 12.0. The van der Waals surface area contributed by atoms with Gasteiger partial charge in [-0.05, 0) is 19.8 Å². The summed E-state index contributed by atoms with van der Waals surface area (Å²) in [5, 5.41) is 0. The van der Waals surface area contributed by atoms with Crippen LogP contribution in [0.4, 0.5) is 0 Å². The van der Waals surface area contributed by atoms with E-state index in [0.717, 1.165) is 19.4 Å². The van der Waals surface area contributed by atoms with Gasteiger partial charge in [0.1, 0.15) is 0 Å². The average Bonchev–Trinajstić information content (AvgIpc) is 2.26. The third kappa shape index (κ3) is 2.69. The van der Waals surface area contributed by atoms with Crippen LogP contribution in [0.15, 0.2) is 0 Å². The van der Waals surface area contributed by atoms with E-state index in [1.807, 2.05) is 6.92 Å². The first-order valence-corrected chi connectivity index (χ1v) is 5.63. The lowest BCUT2D eigenvalue weighted by Gasteiger charge is -2.40. The summed E-state index contributed by atoms with van der Waals surface area (Å²) in [7, 11) is 1.77. The van der Waals surface area contributed by atoms with E-state index in [4.69, 9.17) is 15.2 Å². The topological polar surface area (TPSA) is 44.5 Å². The van der Waals surface area contributed by atoms with Crippen molar-refractivity contribution in [2.24, 2.45) is 5.73 Å². The van der Waals surface area contributed by atoms with E-state index in [2.05, 4.69) is 0 Å². The molecular weight excluding hydrogens is 178 g/mol. The van der Waals surface area contributed by atoms with Gasteiger partial charge in [0.15, 0.2) is 0 Å². The van der Waals surface area contributed by atoms with E-state index in [1.54, 1.807) is 7.11 Å². The molecule has 1 saturated carbocycles. The fraction of sp³-hybridized carbons (Fsp3) is 1.00. The van der Waals surface area contributed by atoms with Crippen molar-refractivity contribution >= 4 is 0 Å². The summed E-state index contributed by atoms with van der Waals surface area (Å²) in [6.45, 7) is 3.34. The highest BCUT2D eigenvalue weighted by Crippen LogP contribution is 2.33. The van der Waals surface area contributed by atoms with Gasteiger partial charge in [0, 0.05) is 13.7 Å². The van der Waals surface area contributed by atoms with Crippen molar-refractivity contribution in [2.75, 3.05) is 20.3 Å². The fourth-order valence-corrected chi connectivity index (χ4v) is 2.27. The Hall–Kier alpha value is -0.120. The molecule has 0 radical (unpaired) electrons. The van der Waals surface area contributed by atoms with E-state index >= 15 is 0 Å². The van der Waals surface area contributed by atoms with E-state index in [0.29, 0.717) is 6.61 Å². The molecule has 0 aromatic carbocycles. The van der Waals surface area contributed by atoms with Gasteiger partial charge in [-0.1, -0.05) is 19.3 Å². The summed E-state index contributed by atoms with van der Waals surface area (Å²) < 4.78 is 11.0. The summed E-state index contributed by atoms with van der Waals surface area (Å²) in [5.41, 5.74) is 6.01. The quantitative estimate of drug-likeness (QED) is 0.736. The first-order valence-electron chi connectivity index (χ1n) is 5.63. The third-order valence-corrected chi connectivity index (χ3v) is 3.28. The fourth-order valence-electron chi connectivity index (χ4n) is 2.27. The van der Waals surface area contributed by atoms with Gasteiger partial charge in [-0.25, -0.2) is 0 Å². The van der Waals surface area contributed by atoms with Crippen molar-refractivity contribution < 1.29 is 9.47 Å². The molecule has 0 bridgehead atoms. The number of nitrogens with two attached hydrogens (primary N) is 1. The molecule has 0 amide bonds. The number of hydrogen-bond donors (Lipinski definition) is 1. The van der Waals surface area contributed by atoms with Crippen LogP contribution in [0.25, 0.3) is 0 Å². The maximum absolute atomic E-state index is 6.13. The minimum absolute atomic E-state index is 0.0211. The predicted octanol–water partition coefficient (Wildman–Crippen LogP) is 1.70. The van der Waals surface area contributed by atoms with Crippen LogP contribution in [0.2, 0.25) is 0 Å². The minimum Gasteiger partial charge on any atom is -0.380 e.